The van der Waals surface area contributed by atoms with Gasteiger partial charge in [-0.2, -0.15) is 0 Å². The van der Waals surface area contributed by atoms with Gasteiger partial charge < -0.3 is 5.32 Å². The van der Waals surface area contributed by atoms with Crippen LogP contribution in [-0.2, 0) is 0 Å². The fourth-order valence-electron chi connectivity index (χ4n) is 1.71. The third-order valence-electron chi connectivity index (χ3n) is 2.92. The van der Waals surface area contributed by atoms with Crippen molar-refractivity contribution in [2.24, 2.45) is 0 Å². The van der Waals surface area contributed by atoms with Gasteiger partial charge in [-0.05, 0) is 55.0 Å². The molecule has 0 saturated heterocycles. The van der Waals surface area contributed by atoms with Crippen LogP contribution in [0.2, 0.25) is 15.1 Å². The number of hydrogen-bond donors (Lipinski definition) is 2. The van der Waals surface area contributed by atoms with Crippen LogP contribution in [0.1, 0.15) is 15.9 Å². The largest absolute Gasteiger partial charge is 0.332 e. The molecule has 2 aromatic carbocycles. The van der Waals surface area contributed by atoms with Crippen LogP contribution in [0.4, 0.5) is 5.69 Å². The molecule has 0 saturated carbocycles. The summed E-state index contributed by atoms with van der Waals surface area (Å²) in [6.45, 7) is 1.86. The Balaban J connectivity index is 2.07. The molecule has 0 bridgehead atoms. The van der Waals surface area contributed by atoms with E-state index in [1.807, 2.05) is 13.0 Å². The van der Waals surface area contributed by atoms with E-state index in [0.29, 0.717) is 20.6 Å². The molecule has 0 aromatic heterocycles. The molecule has 114 valence electrons. The molecule has 0 spiro atoms. The number of hydrogen-bond acceptors (Lipinski definition) is 2. The molecular weight excluding hydrogens is 363 g/mol. The summed E-state index contributed by atoms with van der Waals surface area (Å²) >= 11 is 22.9. The van der Waals surface area contributed by atoms with E-state index >= 15 is 0 Å². The number of thiocarbonyl (C=S) groups is 1. The van der Waals surface area contributed by atoms with Gasteiger partial charge in [-0.1, -0.05) is 40.9 Å². The van der Waals surface area contributed by atoms with E-state index < -0.39 is 0 Å². The van der Waals surface area contributed by atoms with Crippen molar-refractivity contribution in [3.8, 4) is 0 Å². The number of rotatable bonds is 2. The zero-order valence-electron chi connectivity index (χ0n) is 11.4. The molecule has 2 aromatic rings. The first-order valence-electron chi connectivity index (χ1n) is 6.21. The van der Waals surface area contributed by atoms with Gasteiger partial charge in [0.1, 0.15) is 0 Å². The van der Waals surface area contributed by atoms with Gasteiger partial charge in [0.05, 0.1) is 10.0 Å². The Labute approximate surface area is 148 Å². The third-order valence-corrected chi connectivity index (χ3v) is 4.28. The Morgan fingerprint density at radius 3 is 2.45 bits per heavy atom. The highest BCUT2D eigenvalue weighted by atomic mass is 35.5. The van der Waals surface area contributed by atoms with Crippen molar-refractivity contribution in [2.75, 3.05) is 5.32 Å². The van der Waals surface area contributed by atoms with Gasteiger partial charge in [-0.15, -0.1) is 0 Å². The first-order valence-corrected chi connectivity index (χ1v) is 7.75. The second kappa shape index (κ2) is 7.29. The lowest BCUT2D eigenvalue weighted by Gasteiger charge is -2.12. The van der Waals surface area contributed by atoms with Gasteiger partial charge in [-0.25, -0.2) is 0 Å². The smallest absolute Gasteiger partial charge is 0.257 e. The zero-order valence-corrected chi connectivity index (χ0v) is 14.5. The Morgan fingerprint density at radius 2 is 1.77 bits per heavy atom. The molecule has 0 aliphatic carbocycles. The van der Waals surface area contributed by atoms with Crippen LogP contribution in [-0.4, -0.2) is 11.0 Å². The topological polar surface area (TPSA) is 41.1 Å². The molecular formula is C15H11Cl3N2OS. The molecule has 0 radical (unpaired) electrons. The Bertz CT molecular complexity index is 750. The standard InChI is InChI=1S/C15H11Cl3N2OS/c1-8-10(16)3-2-4-13(8)19-15(22)20-14(21)9-5-6-11(17)12(18)7-9/h2-7H,1H3,(H2,19,20,21,22). The molecule has 7 heteroatoms. The van der Waals surface area contributed by atoms with Gasteiger partial charge in [0.25, 0.3) is 5.91 Å². The first kappa shape index (κ1) is 17.0. The van der Waals surface area contributed by atoms with Crippen LogP contribution in [0.5, 0.6) is 0 Å². The normalized spacial score (nSPS) is 10.2. The number of nitrogens with one attached hydrogen (secondary N) is 2. The summed E-state index contributed by atoms with van der Waals surface area (Å²) in [5, 5.41) is 6.98. The lowest BCUT2D eigenvalue weighted by atomic mass is 10.2. The maximum Gasteiger partial charge on any atom is 0.257 e. The van der Waals surface area contributed by atoms with Crippen molar-refractivity contribution in [2.45, 2.75) is 6.92 Å². The molecule has 0 aliphatic rings. The van der Waals surface area contributed by atoms with Crippen molar-refractivity contribution >= 4 is 63.7 Å². The predicted molar refractivity (Wildman–Crippen MR) is 96.3 cm³/mol. The molecule has 22 heavy (non-hydrogen) atoms. The Morgan fingerprint density at radius 1 is 1.05 bits per heavy atom. The van der Waals surface area contributed by atoms with Gasteiger partial charge in [-0.3, -0.25) is 10.1 Å². The second-order valence-electron chi connectivity index (χ2n) is 4.45. The van der Waals surface area contributed by atoms with Crippen LogP contribution >= 0.6 is 47.0 Å². The van der Waals surface area contributed by atoms with E-state index in [9.17, 15) is 4.79 Å². The number of anilines is 1. The monoisotopic (exact) mass is 372 g/mol. The number of carbonyl (C=O) groups is 1. The maximum atomic E-state index is 12.1. The molecule has 0 unspecified atom stereocenters. The number of carbonyl (C=O) groups excluding carboxylic acids is 1. The van der Waals surface area contributed by atoms with E-state index in [1.165, 1.54) is 6.07 Å². The maximum absolute atomic E-state index is 12.1. The molecule has 1 amide bonds. The minimum absolute atomic E-state index is 0.168. The molecule has 0 atom stereocenters. The van der Waals surface area contributed by atoms with Crippen LogP contribution < -0.4 is 10.6 Å². The highest BCUT2D eigenvalue weighted by Gasteiger charge is 2.11. The predicted octanol–water partition coefficient (Wildman–Crippen LogP) is 5.08. The van der Waals surface area contributed by atoms with E-state index in [2.05, 4.69) is 10.6 Å². The average molecular weight is 374 g/mol. The second-order valence-corrected chi connectivity index (χ2v) is 6.08. The quantitative estimate of drug-likeness (QED) is 0.721. The molecule has 3 nitrogen and oxygen atoms in total. The fraction of sp³-hybridized carbons (Fsp3) is 0.0667. The van der Waals surface area contributed by atoms with Crippen molar-refractivity contribution in [3.63, 3.8) is 0 Å². The zero-order chi connectivity index (χ0) is 16.3. The van der Waals surface area contributed by atoms with Gasteiger partial charge in [0, 0.05) is 16.3 Å². The summed E-state index contributed by atoms with van der Waals surface area (Å²) in [5.41, 5.74) is 1.93. The summed E-state index contributed by atoms with van der Waals surface area (Å²) in [4.78, 5) is 12.1. The van der Waals surface area contributed by atoms with E-state index in [1.54, 1.807) is 24.3 Å². The first-order chi connectivity index (χ1) is 10.4. The minimum atomic E-state index is -0.379. The summed E-state index contributed by atoms with van der Waals surface area (Å²) in [7, 11) is 0. The lowest BCUT2D eigenvalue weighted by Crippen LogP contribution is -2.34. The van der Waals surface area contributed by atoms with Crippen molar-refractivity contribution in [1.82, 2.24) is 5.32 Å². The van der Waals surface area contributed by atoms with E-state index in [0.717, 1.165) is 11.3 Å². The van der Waals surface area contributed by atoms with Crippen molar-refractivity contribution < 1.29 is 4.79 Å². The molecule has 0 heterocycles. The van der Waals surface area contributed by atoms with E-state index in [4.69, 9.17) is 47.0 Å². The lowest BCUT2D eigenvalue weighted by molar-refractivity contribution is 0.0978. The molecule has 0 aliphatic heterocycles. The summed E-state index contributed by atoms with van der Waals surface area (Å²) < 4.78 is 0. The summed E-state index contributed by atoms with van der Waals surface area (Å²) in [5.74, 6) is -0.379. The SMILES string of the molecule is Cc1c(Cl)cccc1NC(=S)NC(=O)c1ccc(Cl)c(Cl)c1. The average Bonchev–Trinajstić information content (AvgIpc) is 2.46. The number of amides is 1. The van der Waals surface area contributed by atoms with Gasteiger partial charge >= 0.3 is 0 Å². The van der Waals surface area contributed by atoms with Crippen molar-refractivity contribution in [3.05, 3.63) is 62.6 Å². The van der Waals surface area contributed by atoms with Gasteiger partial charge in [0.15, 0.2) is 5.11 Å². The highest BCUT2D eigenvalue weighted by Crippen LogP contribution is 2.23. The highest BCUT2D eigenvalue weighted by molar-refractivity contribution is 7.80. The van der Waals surface area contributed by atoms with Gasteiger partial charge in [0.2, 0.25) is 0 Å². The summed E-state index contributed by atoms with van der Waals surface area (Å²) in [6, 6.07) is 9.99. The number of halogens is 3. The molecule has 2 rings (SSSR count). The number of benzene rings is 2. The van der Waals surface area contributed by atoms with Crippen LogP contribution in [0.15, 0.2) is 36.4 Å². The summed E-state index contributed by atoms with van der Waals surface area (Å²) in [6.07, 6.45) is 0. The third kappa shape index (κ3) is 4.11. The van der Waals surface area contributed by atoms with E-state index in [-0.39, 0.29) is 11.0 Å². The van der Waals surface area contributed by atoms with Crippen LogP contribution in [0, 0.1) is 6.92 Å². The minimum Gasteiger partial charge on any atom is -0.332 e. The Kier molecular flexibility index (Phi) is 5.64. The Hall–Kier alpha value is -1.33. The van der Waals surface area contributed by atoms with Crippen LogP contribution in [0.25, 0.3) is 0 Å². The molecule has 0 fully saturated rings. The fourth-order valence-corrected chi connectivity index (χ4v) is 2.38. The van der Waals surface area contributed by atoms with Crippen molar-refractivity contribution in [1.29, 1.82) is 0 Å². The molecule has 2 N–H and O–H groups in total. The van der Waals surface area contributed by atoms with Crippen LogP contribution in [0.3, 0.4) is 0 Å².